The summed E-state index contributed by atoms with van der Waals surface area (Å²) in [4.78, 5) is 4.19. The predicted molar refractivity (Wildman–Crippen MR) is 77.7 cm³/mol. The molecule has 2 aromatic rings. The predicted octanol–water partition coefficient (Wildman–Crippen LogP) is 4.44. The number of hydrogen-bond donors (Lipinski definition) is 2. The van der Waals surface area contributed by atoms with Crippen molar-refractivity contribution in [2.75, 3.05) is 17.2 Å². The van der Waals surface area contributed by atoms with Crippen molar-refractivity contribution in [2.45, 2.75) is 13.3 Å². The third kappa shape index (κ3) is 3.58. The van der Waals surface area contributed by atoms with E-state index in [4.69, 9.17) is 11.6 Å². The van der Waals surface area contributed by atoms with Gasteiger partial charge in [-0.1, -0.05) is 24.6 Å². The van der Waals surface area contributed by atoms with E-state index in [2.05, 4.69) is 22.5 Å². The van der Waals surface area contributed by atoms with Crippen molar-refractivity contribution < 1.29 is 4.39 Å². The molecule has 19 heavy (non-hydrogen) atoms. The highest BCUT2D eigenvalue weighted by Gasteiger charge is 2.07. The fourth-order valence-corrected chi connectivity index (χ4v) is 1.83. The quantitative estimate of drug-likeness (QED) is 0.849. The Bertz CT molecular complexity index is 540. The number of rotatable bonds is 5. The molecule has 0 spiro atoms. The molecular formula is C14H15ClFN3. The third-order valence-corrected chi connectivity index (χ3v) is 2.86. The van der Waals surface area contributed by atoms with E-state index in [1.165, 1.54) is 6.07 Å². The van der Waals surface area contributed by atoms with Crippen molar-refractivity contribution >= 4 is 28.8 Å². The van der Waals surface area contributed by atoms with Crippen LogP contribution in [0.25, 0.3) is 0 Å². The van der Waals surface area contributed by atoms with Gasteiger partial charge in [-0.05, 0) is 24.6 Å². The Hall–Kier alpha value is -1.81. The summed E-state index contributed by atoms with van der Waals surface area (Å²) in [6, 6.07) is 8.16. The van der Waals surface area contributed by atoms with E-state index in [1.807, 2.05) is 6.07 Å². The number of para-hydroxylation sites is 1. The minimum absolute atomic E-state index is 0.275. The molecule has 0 aliphatic carbocycles. The van der Waals surface area contributed by atoms with E-state index < -0.39 is 0 Å². The lowest BCUT2D eigenvalue weighted by molar-refractivity contribution is 0.632. The lowest BCUT2D eigenvalue weighted by atomic mass is 10.3. The largest absolute Gasteiger partial charge is 0.370 e. The minimum atomic E-state index is -0.382. The molecule has 5 heteroatoms. The zero-order chi connectivity index (χ0) is 13.7. The molecule has 0 fully saturated rings. The topological polar surface area (TPSA) is 37.0 Å². The number of hydrogen-bond acceptors (Lipinski definition) is 3. The molecule has 1 aromatic carbocycles. The molecule has 0 radical (unpaired) electrons. The molecular weight excluding hydrogens is 265 g/mol. The number of benzene rings is 1. The second-order valence-corrected chi connectivity index (χ2v) is 4.49. The van der Waals surface area contributed by atoms with E-state index in [0.29, 0.717) is 5.02 Å². The maximum Gasteiger partial charge on any atom is 0.148 e. The van der Waals surface area contributed by atoms with Crippen LogP contribution in [0.15, 0.2) is 36.5 Å². The molecule has 1 aromatic heterocycles. The van der Waals surface area contributed by atoms with Gasteiger partial charge in [0.25, 0.3) is 0 Å². The van der Waals surface area contributed by atoms with Gasteiger partial charge in [-0.2, -0.15) is 0 Å². The van der Waals surface area contributed by atoms with Crippen molar-refractivity contribution in [3.05, 3.63) is 47.4 Å². The van der Waals surface area contributed by atoms with E-state index in [-0.39, 0.29) is 11.5 Å². The summed E-state index contributed by atoms with van der Waals surface area (Å²) in [6.07, 6.45) is 2.67. The first-order valence-corrected chi connectivity index (χ1v) is 6.49. The summed E-state index contributed by atoms with van der Waals surface area (Å²) in [6.45, 7) is 2.92. The standard InChI is InChI=1S/C14H15ClFN3/c1-2-7-17-13-9-10(6-8-18-13)19-14-11(15)4-3-5-12(14)16/h3-6,8-9H,2,7H2,1H3,(H2,17,18,19). The van der Waals surface area contributed by atoms with Crippen molar-refractivity contribution in [1.29, 1.82) is 0 Å². The lowest BCUT2D eigenvalue weighted by Crippen LogP contribution is -2.02. The molecule has 0 bridgehead atoms. The Kier molecular flexibility index (Phi) is 4.58. The van der Waals surface area contributed by atoms with Gasteiger partial charge >= 0.3 is 0 Å². The van der Waals surface area contributed by atoms with Gasteiger partial charge < -0.3 is 10.6 Å². The Morgan fingerprint density at radius 1 is 1.32 bits per heavy atom. The number of aromatic nitrogens is 1. The van der Waals surface area contributed by atoms with E-state index in [0.717, 1.165) is 24.5 Å². The Labute approximate surface area is 116 Å². The summed E-state index contributed by atoms with van der Waals surface area (Å²) in [5.74, 6) is 0.367. The molecule has 0 saturated heterocycles. The average Bonchev–Trinajstić information content (AvgIpc) is 2.41. The summed E-state index contributed by atoms with van der Waals surface area (Å²) < 4.78 is 13.7. The molecule has 1 heterocycles. The number of nitrogens with zero attached hydrogens (tertiary/aromatic N) is 1. The summed E-state index contributed by atoms with van der Waals surface area (Å²) in [5.41, 5.74) is 1.01. The SMILES string of the molecule is CCCNc1cc(Nc2c(F)cccc2Cl)ccn1. The van der Waals surface area contributed by atoms with Crippen molar-refractivity contribution in [3.63, 3.8) is 0 Å². The zero-order valence-electron chi connectivity index (χ0n) is 10.6. The van der Waals surface area contributed by atoms with Gasteiger partial charge in [-0.15, -0.1) is 0 Å². The van der Waals surface area contributed by atoms with Gasteiger partial charge in [0.1, 0.15) is 11.6 Å². The van der Waals surface area contributed by atoms with Crippen molar-refractivity contribution in [2.24, 2.45) is 0 Å². The van der Waals surface area contributed by atoms with Gasteiger partial charge in [0.15, 0.2) is 0 Å². The molecule has 2 N–H and O–H groups in total. The summed E-state index contributed by atoms with van der Waals surface area (Å²) in [5, 5.41) is 6.49. The highest BCUT2D eigenvalue weighted by atomic mass is 35.5. The Balaban J connectivity index is 2.19. The van der Waals surface area contributed by atoms with E-state index in [1.54, 1.807) is 24.4 Å². The van der Waals surface area contributed by atoms with Gasteiger partial charge in [0, 0.05) is 24.5 Å². The van der Waals surface area contributed by atoms with Crippen LogP contribution in [0.2, 0.25) is 5.02 Å². The smallest absolute Gasteiger partial charge is 0.148 e. The maximum absolute atomic E-state index is 13.7. The lowest BCUT2D eigenvalue weighted by Gasteiger charge is -2.11. The van der Waals surface area contributed by atoms with Gasteiger partial charge in [-0.3, -0.25) is 0 Å². The highest BCUT2D eigenvalue weighted by molar-refractivity contribution is 6.33. The number of halogens is 2. The molecule has 0 aliphatic heterocycles. The van der Waals surface area contributed by atoms with Crippen LogP contribution in [-0.2, 0) is 0 Å². The molecule has 100 valence electrons. The number of nitrogens with one attached hydrogen (secondary N) is 2. The molecule has 3 nitrogen and oxygen atoms in total. The molecule has 0 aliphatic rings. The van der Waals surface area contributed by atoms with Crippen LogP contribution < -0.4 is 10.6 Å². The van der Waals surface area contributed by atoms with Crippen LogP contribution in [0.3, 0.4) is 0 Å². The van der Waals surface area contributed by atoms with E-state index >= 15 is 0 Å². The maximum atomic E-state index is 13.7. The molecule has 0 amide bonds. The average molecular weight is 280 g/mol. The van der Waals surface area contributed by atoms with Crippen LogP contribution in [0.5, 0.6) is 0 Å². The highest BCUT2D eigenvalue weighted by Crippen LogP contribution is 2.28. The minimum Gasteiger partial charge on any atom is -0.370 e. The van der Waals surface area contributed by atoms with Gasteiger partial charge in [-0.25, -0.2) is 9.37 Å². The molecule has 2 rings (SSSR count). The van der Waals surface area contributed by atoms with Crippen molar-refractivity contribution in [3.8, 4) is 0 Å². The van der Waals surface area contributed by atoms with Crippen LogP contribution in [-0.4, -0.2) is 11.5 Å². The first-order valence-electron chi connectivity index (χ1n) is 6.11. The summed E-state index contributed by atoms with van der Waals surface area (Å²) >= 11 is 5.97. The normalized spacial score (nSPS) is 10.3. The monoisotopic (exact) mass is 279 g/mol. The molecule has 0 saturated carbocycles. The van der Waals surface area contributed by atoms with Crippen molar-refractivity contribution in [1.82, 2.24) is 4.98 Å². The second-order valence-electron chi connectivity index (χ2n) is 4.08. The van der Waals surface area contributed by atoms with Crippen LogP contribution in [0.4, 0.5) is 21.6 Å². The summed E-state index contributed by atoms with van der Waals surface area (Å²) in [7, 11) is 0. The zero-order valence-corrected chi connectivity index (χ0v) is 11.3. The van der Waals surface area contributed by atoms with Gasteiger partial charge in [0.05, 0.1) is 10.7 Å². The second kappa shape index (κ2) is 6.38. The molecule has 0 unspecified atom stereocenters. The third-order valence-electron chi connectivity index (χ3n) is 2.55. The van der Waals surface area contributed by atoms with Crippen LogP contribution in [0, 0.1) is 5.82 Å². The fourth-order valence-electron chi connectivity index (χ4n) is 1.62. The Morgan fingerprint density at radius 3 is 2.89 bits per heavy atom. The number of anilines is 3. The fraction of sp³-hybridized carbons (Fsp3) is 0.214. The first kappa shape index (κ1) is 13.6. The first-order chi connectivity index (χ1) is 9.20. The molecule has 0 atom stereocenters. The number of pyridine rings is 1. The van der Waals surface area contributed by atoms with Crippen LogP contribution >= 0.6 is 11.6 Å². The van der Waals surface area contributed by atoms with E-state index in [9.17, 15) is 4.39 Å². The Morgan fingerprint density at radius 2 is 2.16 bits per heavy atom. The van der Waals surface area contributed by atoms with Crippen LogP contribution in [0.1, 0.15) is 13.3 Å². The van der Waals surface area contributed by atoms with Gasteiger partial charge in [0.2, 0.25) is 0 Å².